The number of nitrogens with zero attached hydrogens (tertiary/aromatic N) is 1. The molecule has 0 atom stereocenters. The molecule has 0 bridgehead atoms. The SMILES string of the molecule is CNCCC(=O)N(C)Cc1ccc(OC(C)C)cc1. The number of benzene rings is 1. The van der Waals surface area contributed by atoms with Crippen LogP contribution in [0, 0.1) is 0 Å². The van der Waals surface area contributed by atoms with Crippen LogP contribution in [0.5, 0.6) is 5.75 Å². The lowest BCUT2D eigenvalue weighted by Gasteiger charge is -2.17. The summed E-state index contributed by atoms with van der Waals surface area (Å²) in [5.41, 5.74) is 1.11. The molecule has 4 heteroatoms. The Hall–Kier alpha value is -1.55. The Balaban J connectivity index is 2.50. The van der Waals surface area contributed by atoms with Gasteiger partial charge in [-0.3, -0.25) is 4.79 Å². The van der Waals surface area contributed by atoms with Gasteiger partial charge in [-0.2, -0.15) is 0 Å². The van der Waals surface area contributed by atoms with Crippen LogP contribution in [-0.2, 0) is 11.3 Å². The predicted molar refractivity (Wildman–Crippen MR) is 77.2 cm³/mol. The fourth-order valence-electron chi connectivity index (χ4n) is 1.73. The molecule has 1 aromatic carbocycles. The lowest BCUT2D eigenvalue weighted by molar-refractivity contribution is -0.130. The van der Waals surface area contributed by atoms with Gasteiger partial charge in [0.25, 0.3) is 0 Å². The maximum Gasteiger partial charge on any atom is 0.223 e. The van der Waals surface area contributed by atoms with Crippen molar-refractivity contribution in [2.24, 2.45) is 0 Å². The van der Waals surface area contributed by atoms with Crippen molar-refractivity contribution in [3.05, 3.63) is 29.8 Å². The van der Waals surface area contributed by atoms with Crippen molar-refractivity contribution in [1.82, 2.24) is 10.2 Å². The van der Waals surface area contributed by atoms with Crippen LogP contribution in [0.25, 0.3) is 0 Å². The summed E-state index contributed by atoms with van der Waals surface area (Å²) in [6.45, 7) is 5.35. The zero-order valence-electron chi connectivity index (χ0n) is 12.3. The van der Waals surface area contributed by atoms with Crippen LogP contribution in [0.1, 0.15) is 25.8 Å². The molecule has 19 heavy (non-hydrogen) atoms. The van der Waals surface area contributed by atoms with E-state index in [1.807, 2.05) is 52.2 Å². The summed E-state index contributed by atoms with van der Waals surface area (Å²) in [6, 6.07) is 7.89. The highest BCUT2D eigenvalue weighted by atomic mass is 16.5. The molecule has 1 rings (SSSR count). The number of carbonyl (C=O) groups excluding carboxylic acids is 1. The molecule has 0 aliphatic carbocycles. The third-order valence-corrected chi connectivity index (χ3v) is 2.73. The first-order valence-electron chi connectivity index (χ1n) is 6.67. The number of ether oxygens (including phenoxy) is 1. The molecular weight excluding hydrogens is 240 g/mol. The van der Waals surface area contributed by atoms with Crippen molar-refractivity contribution in [2.75, 3.05) is 20.6 Å². The number of hydrogen-bond acceptors (Lipinski definition) is 3. The molecule has 0 aromatic heterocycles. The van der Waals surface area contributed by atoms with E-state index in [0.29, 0.717) is 19.5 Å². The minimum Gasteiger partial charge on any atom is -0.491 e. The second kappa shape index (κ2) is 7.79. The van der Waals surface area contributed by atoms with Crippen molar-refractivity contribution in [2.45, 2.75) is 32.9 Å². The smallest absolute Gasteiger partial charge is 0.223 e. The second-order valence-electron chi connectivity index (χ2n) is 4.91. The maximum atomic E-state index is 11.8. The van der Waals surface area contributed by atoms with E-state index in [2.05, 4.69) is 5.32 Å². The van der Waals surface area contributed by atoms with E-state index in [1.165, 1.54) is 0 Å². The predicted octanol–water partition coefficient (Wildman–Crippen LogP) is 2.04. The largest absolute Gasteiger partial charge is 0.491 e. The highest BCUT2D eigenvalue weighted by molar-refractivity contribution is 5.76. The third-order valence-electron chi connectivity index (χ3n) is 2.73. The van der Waals surface area contributed by atoms with E-state index in [4.69, 9.17) is 4.74 Å². The van der Waals surface area contributed by atoms with Crippen molar-refractivity contribution in [1.29, 1.82) is 0 Å². The topological polar surface area (TPSA) is 41.6 Å². The quantitative estimate of drug-likeness (QED) is 0.819. The number of hydrogen-bond donors (Lipinski definition) is 1. The lowest BCUT2D eigenvalue weighted by Crippen LogP contribution is -2.28. The summed E-state index contributed by atoms with van der Waals surface area (Å²) in [5.74, 6) is 1.01. The fourth-order valence-corrected chi connectivity index (χ4v) is 1.73. The van der Waals surface area contributed by atoms with Crippen molar-refractivity contribution < 1.29 is 9.53 Å². The first-order valence-corrected chi connectivity index (χ1v) is 6.67. The van der Waals surface area contributed by atoms with E-state index < -0.39 is 0 Å². The standard InChI is InChI=1S/C15H24N2O2/c1-12(2)19-14-7-5-13(6-8-14)11-17(4)15(18)9-10-16-3/h5-8,12,16H,9-11H2,1-4H3. The van der Waals surface area contributed by atoms with Crippen molar-refractivity contribution in [3.63, 3.8) is 0 Å². The minimum absolute atomic E-state index is 0.150. The van der Waals surface area contributed by atoms with Gasteiger partial charge >= 0.3 is 0 Å². The number of carbonyl (C=O) groups is 1. The van der Waals surface area contributed by atoms with E-state index in [-0.39, 0.29) is 12.0 Å². The van der Waals surface area contributed by atoms with Crippen LogP contribution in [0.2, 0.25) is 0 Å². The number of amides is 1. The van der Waals surface area contributed by atoms with Crippen LogP contribution in [0.3, 0.4) is 0 Å². The first-order chi connectivity index (χ1) is 9.02. The Labute approximate surface area is 115 Å². The van der Waals surface area contributed by atoms with Gasteiger partial charge in [0.2, 0.25) is 5.91 Å². The molecule has 0 fully saturated rings. The Morgan fingerprint density at radius 2 is 1.95 bits per heavy atom. The van der Waals surface area contributed by atoms with Gasteiger partial charge in [0.15, 0.2) is 0 Å². The van der Waals surface area contributed by atoms with Crippen molar-refractivity contribution in [3.8, 4) is 5.75 Å². The highest BCUT2D eigenvalue weighted by Crippen LogP contribution is 2.14. The molecule has 0 aliphatic heterocycles. The van der Waals surface area contributed by atoms with Gasteiger partial charge in [-0.15, -0.1) is 0 Å². The second-order valence-corrected chi connectivity index (χ2v) is 4.91. The zero-order valence-corrected chi connectivity index (χ0v) is 12.3. The van der Waals surface area contributed by atoms with Crippen LogP contribution < -0.4 is 10.1 Å². The van der Waals surface area contributed by atoms with E-state index in [0.717, 1.165) is 11.3 Å². The number of rotatable bonds is 7. The molecule has 1 N–H and O–H groups in total. The Kier molecular flexibility index (Phi) is 6.36. The molecule has 106 valence electrons. The van der Waals surface area contributed by atoms with Gasteiger partial charge in [0.05, 0.1) is 6.10 Å². The summed E-state index contributed by atoms with van der Waals surface area (Å²) in [6.07, 6.45) is 0.707. The molecular formula is C15H24N2O2. The molecule has 0 aliphatic rings. The summed E-state index contributed by atoms with van der Waals surface area (Å²) in [4.78, 5) is 13.5. The highest BCUT2D eigenvalue weighted by Gasteiger charge is 2.08. The van der Waals surface area contributed by atoms with Gasteiger partial charge in [0, 0.05) is 26.6 Å². The molecule has 0 heterocycles. The monoisotopic (exact) mass is 264 g/mol. The molecule has 0 spiro atoms. The molecule has 1 aromatic rings. The molecule has 0 saturated carbocycles. The van der Waals surface area contributed by atoms with E-state index >= 15 is 0 Å². The average molecular weight is 264 g/mol. The van der Waals surface area contributed by atoms with Crippen LogP contribution in [0.15, 0.2) is 24.3 Å². The third kappa shape index (κ3) is 5.75. The van der Waals surface area contributed by atoms with E-state index in [1.54, 1.807) is 4.90 Å². The first kappa shape index (κ1) is 15.5. The zero-order chi connectivity index (χ0) is 14.3. The van der Waals surface area contributed by atoms with Crippen LogP contribution in [0.4, 0.5) is 0 Å². The summed E-state index contributed by atoms with van der Waals surface area (Å²) >= 11 is 0. The fraction of sp³-hybridized carbons (Fsp3) is 0.533. The molecule has 0 radical (unpaired) electrons. The summed E-state index contributed by atoms with van der Waals surface area (Å²) in [7, 11) is 3.68. The molecule has 0 unspecified atom stereocenters. The normalized spacial score (nSPS) is 10.6. The number of nitrogens with one attached hydrogen (secondary N) is 1. The molecule has 0 saturated heterocycles. The van der Waals surface area contributed by atoms with Crippen molar-refractivity contribution >= 4 is 5.91 Å². The van der Waals surface area contributed by atoms with Crippen LogP contribution in [-0.4, -0.2) is 37.6 Å². The Bertz CT molecular complexity index is 388. The maximum absolute atomic E-state index is 11.8. The molecule has 4 nitrogen and oxygen atoms in total. The minimum atomic E-state index is 0.150. The summed E-state index contributed by atoms with van der Waals surface area (Å²) in [5, 5.41) is 2.98. The Morgan fingerprint density at radius 1 is 1.32 bits per heavy atom. The Morgan fingerprint density at radius 3 is 2.47 bits per heavy atom. The van der Waals surface area contributed by atoms with E-state index in [9.17, 15) is 4.79 Å². The van der Waals surface area contributed by atoms with Gasteiger partial charge in [-0.05, 0) is 38.6 Å². The van der Waals surface area contributed by atoms with Gasteiger partial charge in [-0.25, -0.2) is 0 Å². The summed E-state index contributed by atoms with van der Waals surface area (Å²) < 4.78 is 5.59. The van der Waals surface area contributed by atoms with Gasteiger partial charge < -0.3 is 15.0 Å². The lowest BCUT2D eigenvalue weighted by atomic mass is 10.2. The van der Waals surface area contributed by atoms with Gasteiger partial charge in [0.1, 0.15) is 5.75 Å². The average Bonchev–Trinajstić information content (AvgIpc) is 2.37. The molecule has 1 amide bonds. The van der Waals surface area contributed by atoms with Gasteiger partial charge in [-0.1, -0.05) is 12.1 Å². The van der Waals surface area contributed by atoms with Crippen LogP contribution >= 0.6 is 0 Å².